The fraction of sp³-hybridized carbons (Fsp3) is 0.300. The molecule has 2 amide bonds. The van der Waals surface area contributed by atoms with Gasteiger partial charge in [-0.2, -0.15) is 11.8 Å². The SMILES string of the molecule is Cc1cc(C(=O)N2CCSCC2)ccc1NC(=O)Cc1ccc([N+](=O)[O-])cc1. The summed E-state index contributed by atoms with van der Waals surface area (Å²) >= 11 is 1.85. The number of nitro groups is 1. The van der Waals surface area contributed by atoms with Crippen LogP contribution in [-0.4, -0.2) is 46.2 Å². The zero-order chi connectivity index (χ0) is 20.1. The summed E-state index contributed by atoms with van der Waals surface area (Å²) in [4.78, 5) is 37.0. The molecule has 0 bridgehead atoms. The number of thioether (sulfide) groups is 1. The number of carbonyl (C=O) groups is 2. The predicted octanol–water partition coefficient (Wildman–Crippen LogP) is 3.27. The summed E-state index contributed by atoms with van der Waals surface area (Å²) in [6.07, 6.45) is 0.115. The third-order valence-corrected chi connectivity index (χ3v) is 5.50. The van der Waals surface area contributed by atoms with Crippen molar-refractivity contribution in [3.05, 3.63) is 69.3 Å². The second-order valence-electron chi connectivity index (χ2n) is 6.58. The molecule has 0 aromatic heterocycles. The topological polar surface area (TPSA) is 92.6 Å². The highest BCUT2D eigenvalue weighted by molar-refractivity contribution is 7.99. The molecule has 1 aliphatic heterocycles. The summed E-state index contributed by atoms with van der Waals surface area (Å²) in [7, 11) is 0. The molecule has 1 N–H and O–H groups in total. The van der Waals surface area contributed by atoms with Gasteiger partial charge in [0.05, 0.1) is 11.3 Å². The van der Waals surface area contributed by atoms with E-state index >= 15 is 0 Å². The van der Waals surface area contributed by atoms with Crippen molar-refractivity contribution in [1.29, 1.82) is 0 Å². The normalized spacial score (nSPS) is 13.8. The summed E-state index contributed by atoms with van der Waals surface area (Å²) in [5.74, 6) is 1.72. The monoisotopic (exact) mass is 399 g/mol. The summed E-state index contributed by atoms with van der Waals surface area (Å²) in [5, 5.41) is 13.5. The number of rotatable bonds is 5. The maximum atomic E-state index is 12.6. The van der Waals surface area contributed by atoms with Crippen LogP contribution in [0.5, 0.6) is 0 Å². The van der Waals surface area contributed by atoms with Crippen LogP contribution in [0.4, 0.5) is 11.4 Å². The number of hydrogen-bond donors (Lipinski definition) is 1. The Morgan fingerprint density at radius 3 is 2.43 bits per heavy atom. The van der Waals surface area contributed by atoms with Crippen LogP contribution in [0.25, 0.3) is 0 Å². The Kier molecular flexibility index (Phi) is 6.30. The van der Waals surface area contributed by atoms with E-state index in [-0.39, 0.29) is 23.9 Å². The van der Waals surface area contributed by atoms with Gasteiger partial charge in [0.2, 0.25) is 5.91 Å². The van der Waals surface area contributed by atoms with Gasteiger partial charge in [0.1, 0.15) is 0 Å². The van der Waals surface area contributed by atoms with E-state index in [9.17, 15) is 19.7 Å². The van der Waals surface area contributed by atoms with Crippen LogP contribution in [0.3, 0.4) is 0 Å². The molecule has 0 unspecified atom stereocenters. The molecule has 1 fully saturated rings. The Balaban J connectivity index is 1.62. The maximum absolute atomic E-state index is 12.6. The molecule has 2 aromatic rings. The number of amides is 2. The molecule has 1 heterocycles. The minimum atomic E-state index is -0.473. The van der Waals surface area contributed by atoms with Gasteiger partial charge in [-0.15, -0.1) is 0 Å². The van der Waals surface area contributed by atoms with Crippen LogP contribution in [0.1, 0.15) is 21.5 Å². The maximum Gasteiger partial charge on any atom is 0.269 e. The fourth-order valence-electron chi connectivity index (χ4n) is 3.00. The Morgan fingerprint density at radius 1 is 1.14 bits per heavy atom. The molecular weight excluding hydrogens is 378 g/mol. The molecule has 3 rings (SSSR count). The average molecular weight is 399 g/mol. The van der Waals surface area contributed by atoms with Crippen molar-refractivity contribution in [2.45, 2.75) is 13.3 Å². The van der Waals surface area contributed by atoms with Crippen LogP contribution < -0.4 is 5.32 Å². The van der Waals surface area contributed by atoms with E-state index in [0.717, 1.165) is 30.2 Å². The zero-order valence-electron chi connectivity index (χ0n) is 15.5. The number of benzene rings is 2. The largest absolute Gasteiger partial charge is 0.337 e. The molecule has 146 valence electrons. The van der Waals surface area contributed by atoms with Crippen molar-refractivity contribution in [2.24, 2.45) is 0 Å². The molecule has 1 saturated heterocycles. The van der Waals surface area contributed by atoms with Crippen LogP contribution >= 0.6 is 11.8 Å². The molecule has 7 nitrogen and oxygen atoms in total. The van der Waals surface area contributed by atoms with Crippen molar-refractivity contribution in [1.82, 2.24) is 4.90 Å². The smallest absolute Gasteiger partial charge is 0.269 e. The number of aryl methyl sites for hydroxylation is 1. The number of nitrogens with one attached hydrogen (secondary N) is 1. The highest BCUT2D eigenvalue weighted by Gasteiger charge is 2.19. The molecule has 0 aliphatic carbocycles. The third kappa shape index (κ3) is 4.89. The fourth-order valence-corrected chi connectivity index (χ4v) is 3.90. The van der Waals surface area contributed by atoms with Crippen LogP contribution in [0.15, 0.2) is 42.5 Å². The first-order valence-corrected chi connectivity index (χ1v) is 10.1. The Bertz CT molecular complexity index is 893. The summed E-state index contributed by atoms with van der Waals surface area (Å²) < 4.78 is 0. The lowest BCUT2D eigenvalue weighted by molar-refractivity contribution is -0.384. The molecule has 28 heavy (non-hydrogen) atoms. The van der Waals surface area contributed by atoms with Crippen LogP contribution in [0, 0.1) is 17.0 Å². The molecule has 2 aromatic carbocycles. The van der Waals surface area contributed by atoms with Gasteiger partial charge in [0.25, 0.3) is 11.6 Å². The van der Waals surface area contributed by atoms with E-state index in [4.69, 9.17) is 0 Å². The minimum absolute atomic E-state index is 0.00689. The van der Waals surface area contributed by atoms with Crippen molar-refractivity contribution >= 4 is 35.0 Å². The number of carbonyl (C=O) groups excluding carboxylic acids is 2. The van der Waals surface area contributed by atoms with Gasteiger partial charge in [-0.1, -0.05) is 12.1 Å². The van der Waals surface area contributed by atoms with Crippen molar-refractivity contribution in [2.75, 3.05) is 29.9 Å². The van der Waals surface area contributed by atoms with Gasteiger partial charge in [0.15, 0.2) is 0 Å². The molecular formula is C20H21N3O4S. The van der Waals surface area contributed by atoms with E-state index < -0.39 is 4.92 Å². The van der Waals surface area contributed by atoms with Gasteiger partial charge in [-0.3, -0.25) is 19.7 Å². The van der Waals surface area contributed by atoms with Crippen LogP contribution in [-0.2, 0) is 11.2 Å². The lowest BCUT2D eigenvalue weighted by Gasteiger charge is -2.26. The number of hydrogen-bond acceptors (Lipinski definition) is 5. The predicted molar refractivity (Wildman–Crippen MR) is 110 cm³/mol. The van der Waals surface area contributed by atoms with Crippen molar-refractivity contribution in [3.8, 4) is 0 Å². The first-order chi connectivity index (χ1) is 13.4. The Morgan fingerprint density at radius 2 is 1.82 bits per heavy atom. The second kappa shape index (κ2) is 8.88. The van der Waals surface area contributed by atoms with Gasteiger partial charge in [0, 0.05) is 48.0 Å². The van der Waals surface area contributed by atoms with E-state index in [2.05, 4.69) is 5.32 Å². The van der Waals surface area contributed by atoms with Gasteiger partial charge in [-0.05, 0) is 36.2 Å². The second-order valence-corrected chi connectivity index (χ2v) is 7.81. The van der Waals surface area contributed by atoms with E-state index in [1.165, 1.54) is 12.1 Å². The van der Waals surface area contributed by atoms with Gasteiger partial charge < -0.3 is 10.2 Å². The first-order valence-electron chi connectivity index (χ1n) is 8.95. The standard InChI is InChI=1S/C20H21N3O4S/c1-14-12-16(20(25)22-8-10-28-11-9-22)4-7-18(14)21-19(24)13-15-2-5-17(6-3-15)23(26)27/h2-7,12H,8-11,13H2,1H3,(H,21,24). The molecule has 0 radical (unpaired) electrons. The lowest BCUT2D eigenvalue weighted by Crippen LogP contribution is -2.37. The van der Waals surface area contributed by atoms with E-state index in [0.29, 0.717) is 16.8 Å². The summed E-state index contributed by atoms with van der Waals surface area (Å²) in [6, 6.07) is 11.2. The third-order valence-electron chi connectivity index (χ3n) is 4.56. The number of anilines is 1. The molecule has 0 spiro atoms. The van der Waals surface area contributed by atoms with E-state index in [1.807, 2.05) is 23.6 Å². The Hall–Kier alpha value is -2.87. The molecule has 1 aliphatic rings. The van der Waals surface area contributed by atoms with Gasteiger partial charge in [-0.25, -0.2) is 0 Å². The highest BCUT2D eigenvalue weighted by atomic mass is 32.2. The van der Waals surface area contributed by atoms with E-state index in [1.54, 1.807) is 30.3 Å². The molecule has 8 heteroatoms. The summed E-state index contributed by atoms with van der Waals surface area (Å²) in [5.41, 5.74) is 2.77. The first kappa shape index (κ1) is 19.9. The number of non-ortho nitro benzene ring substituents is 1. The number of nitro benzene ring substituents is 1. The van der Waals surface area contributed by atoms with Crippen molar-refractivity contribution in [3.63, 3.8) is 0 Å². The minimum Gasteiger partial charge on any atom is -0.337 e. The average Bonchev–Trinajstić information content (AvgIpc) is 2.70. The lowest BCUT2D eigenvalue weighted by atomic mass is 10.1. The quantitative estimate of drug-likeness (QED) is 0.615. The highest BCUT2D eigenvalue weighted by Crippen LogP contribution is 2.20. The molecule has 0 atom stereocenters. The number of nitrogens with zero attached hydrogens (tertiary/aromatic N) is 2. The molecule has 0 saturated carbocycles. The van der Waals surface area contributed by atoms with Crippen LogP contribution in [0.2, 0.25) is 0 Å². The summed E-state index contributed by atoms with van der Waals surface area (Å²) in [6.45, 7) is 3.37. The van der Waals surface area contributed by atoms with Gasteiger partial charge >= 0.3 is 0 Å². The van der Waals surface area contributed by atoms with Crippen molar-refractivity contribution < 1.29 is 14.5 Å². The zero-order valence-corrected chi connectivity index (χ0v) is 16.3. The Labute approximate surface area is 167 Å².